The maximum Gasteiger partial charge on any atom is 0.346 e. The molecule has 188 valence electrons. The quantitative estimate of drug-likeness (QED) is 0.310. The molecule has 12 heteroatoms. The first-order valence-electron chi connectivity index (χ1n) is 10.9. The summed E-state index contributed by atoms with van der Waals surface area (Å²) in [6.07, 6.45) is 1.87. The lowest BCUT2D eigenvalue weighted by Gasteiger charge is -2.30. The molecule has 0 aromatic heterocycles. The van der Waals surface area contributed by atoms with E-state index >= 15 is 0 Å². The number of hydrogen-bond acceptors (Lipinski definition) is 9. The number of nitrogens with two attached hydrogens (primary N) is 2. The van der Waals surface area contributed by atoms with Gasteiger partial charge in [-0.15, -0.1) is 0 Å². The first-order chi connectivity index (χ1) is 16.7. The number of anilines is 1. The minimum Gasteiger partial charge on any atom is -0.388 e. The van der Waals surface area contributed by atoms with Gasteiger partial charge in [0.05, 0.1) is 11.3 Å². The number of sulfonamides is 1. The minimum absolute atomic E-state index is 0.0610. The Hall–Kier alpha value is -2.93. The highest BCUT2D eigenvalue weighted by Gasteiger charge is 2.35. The van der Waals surface area contributed by atoms with Gasteiger partial charge in [-0.05, 0) is 54.2 Å². The molecule has 2 aromatic carbocycles. The first-order valence-corrected chi connectivity index (χ1v) is 13.9. The molecule has 1 aliphatic rings. The van der Waals surface area contributed by atoms with Gasteiger partial charge in [-0.3, -0.25) is 4.79 Å². The normalized spacial score (nSPS) is 16.4. The number of hydrogen-bond donors (Lipinski definition) is 3. The van der Waals surface area contributed by atoms with Gasteiger partial charge in [0.15, 0.2) is 0 Å². The van der Waals surface area contributed by atoms with Crippen LogP contribution in [0.4, 0.5) is 5.69 Å². The molecule has 2 aromatic rings. The van der Waals surface area contributed by atoms with Crippen LogP contribution in [0.5, 0.6) is 0 Å². The predicted octanol–water partition coefficient (Wildman–Crippen LogP) is 1.41. The highest BCUT2D eigenvalue weighted by Crippen LogP contribution is 2.32. The number of nitrogens with one attached hydrogen (secondary N) is 1. The summed E-state index contributed by atoms with van der Waals surface area (Å²) in [4.78, 5) is 37.1. The lowest BCUT2D eigenvalue weighted by Crippen LogP contribution is -2.48. The molecule has 5 N–H and O–H groups in total. The largest absolute Gasteiger partial charge is 0.388 e. The Labute approximate surface area is 208 Å². The van der Waals surface area contributed by atoms with Crippen molar-refractivity contribution < 1.29 is 27.5 Å². The van der Waals surface area contributed by atoms with Crippen LogP contribution < -0.4 is 21.1 Å². The Kier molecular flexibility index (Phi) is 8.89. The van der Waals surface area contributed by atoms with Crippen LogP contribution in [0.2, 0.25) is 0 Å². The summed E-state index contributed by atoms with van der Waals surface area (Å²) in [7, 11) is -3.98. The fourth-order valence-electron chi connectivity index (χ4n) is 3.68. The minimum atomic E-state index is -3.98. The van der Waals surface area contributed by atoms with E-state index in [1.165, 1.54) is 30.0 Å². The third-order valence-electron chi connectivity index (χ3n) is 5.46. The predicted molar refractivity (Wildman–Crippen MR) is 135 cm³/mol. The van der Waals surface area contributed by atoms with E-state index in [4.69, 9.17) is 16.2 Å². The molecule has 3 rings (SSSR count). The van der Waals surface area contributed by atoms with Crippen LogP contribution in [0.15, 0.2) is 48.5 Å². The summed E-state index contributed by atoms with van der Waals surface area (Å²) >= 11 is 1.52. The molecule has 0 radical (unpaired) electrons. The van der Waals surface area contributed by atoms with Crippen molar-refractivity contribution in [3.8, 4) is 11.1 Å². The van der Waals surface area contributed by atoms with Crippen LogP contribution in [0.25, 0.3) is 11.1 Å². The van der Waals surface area contributed by atoms with E-state index in [1.807, 2.05) is 6.26 Å². The number of amides is 1. The third kappa shape index (κ3) is 6.40. The second-order valence-electron chi connectivity index (χ2n) is 7.89. The fraction of sp³-hybridized carbons (Fsp3) is 0.348. The summed E-state index contributed by atoms with van der Waals surface area (Å²) in [6.45, 7) is 0. The van der Waals surface area contributed by atoms with E-state index < -0.39 is 40.0 Å². The van der Waals surface area contributed by atoms with Crippen molar-refractivity contribution in [3.63, 3.8) is 0 Å². The van der Waals surface area contributed by atoms with Crippen LogP contribution in [0, 0.1) is 0 Å². The zero-order valence-electron chi connectivity index (χ0n) is 19.2. The highest BCUT2D eigenvalue weighted by molar-refractivity contribution is 7.98. The van der Waals surface area contributed by atoms with Gasteiger partial charge in [-0.2, -0.15) is 11.8 Å². The summed E-state index contributed by atoms with van der Waals surface area (Å²) in [5.74, 6) is -2.05. The lowest BCUT2D eigenvalue weighted by atomic mass is 9.98. The Bertz CT molecular complexity index is 1190. The highest BCUT2D eigenvalue weighted by atomic mass is 32.2. The van der Waals surface area contributed by atoms with Gasteiger partial charge in [-0.1, -0.05) is 30.3 Å². The molecule has 1 amide bonds. The van der Waals surface area contributed by atoms with Crippen molar-refractivity contribution in [1.82, 2.24) is 5.32 Å². The SMILES string of the molecule is CSCC[C@H](N)C(=O)OC(=O)c1ccc(N(C2CCC(=O)N2)S(=O)(=O)CN)cc1-c1ccccc1. The molecule has 10 nitrogen and oxygen atoms in total. The number of carbonyl (C=O) groups is 3. The number of esters is 2. The van der Waals surface area contributed by atoms with Crippen LogP contribution in [0.1, 0.15) is 29.6 Å². The lowest BCUT2D eigenvalue weighted by molar-refractivity contribution is -0.139. The number of carbonyl (C=O) groups excluding carboxylic acids is 3. The summed E-state index contributed by atoms with van der Waals surface area (Å²) in [6, 6.07) is 12.1. The standard InChI is InChI=1S/C23H28N4O6S2/c1-34-12-11-19(25)23(30)33-22(29)17-8-7-16(13-18(17)15-5-3-2-4-6-15)27(35(31,32)14-24)20-9-10-21(28)26-20/h2-8,13,19-20H,9-12,14,24-25H2,1H3,(H,26,28)/t19-,20?/m0/s1. The molecular formula is C23H28N4O6S2. The second-order valence-corrected chi connectivity index (χ2v) is 10.8. The van der Waals surface area contributed by atoms with Crippen molar-refractivity contribution in [2.45, 2.75) is 31.5 Å². The van der Waals surface area contributed by atoms with Crippen LogP contribution >= 0.6 is 11.8 Å². The average Bonchev–Trinajstić information content (AvgIpc) is 3.28. The molecule has 1 heterocycles. The number of ether oxygens (including phenoxy) is 1. The van der Waals surface area contributed by atoms with Gasteiger partial charge in [-0.25, -0.2) is 22.3 Å². The van der Waals surface area contributed by atoms with E-state index in [2.05, 4.69) is 5.32 Å². The maximum atomic E-state index is 12.9. The van der Waals surface area contributed by atoms with Crippen LogP contribution in [-0.2, 0) is 24.3 Å². The zero-order valence-corrected chi connectivity index (χ0v) is 20.8. The Morgan fingerprint density at radius 2 is 1.94 bits per heavy atom. The molecule has 0 bridgehead atoms. The van der Waals surface area contributed by atoms with Gasteiger partial charge in [0, 0.05) is 6.42 Å². The monoisotopic (exact) mass is 520 g/mol. The van der Waals surface area contributed by atoms with Crippen molar-refractivity contribution >= 4 is 45.3 Å². The van der Waals surface area contributed by atoms with Crippen molar-refractivity contribution in [1.29, 1.82) is 0 Å². The molecule has 1 aliphatic heterocycles. The van der Waals surface area contributed by atoms with Crippen molar-refractivity contribution in [2.75, 3.05) is 22.2 Å². The average molecular weight is 521 g/mol. The van der Waals surface area contributed by atoms with Crippen LogP contribution in [-0.4, -0.2) is 56.4 Å². The first kappa shape index (κ1) is 26.7. The molecule has 0 aliphatic carbocycles. The summed E-state index contributed by atoms with van der Waals surface area (Å²) in [5, 5.41) is 2.65. The molecule has 1 unspecified atom stereocenters. The molecule has 0 spiro atoms. The Morgan fingerprint density at radius 1 is 1.23 bits per heavy atom. The van der Waals surface area contributed by atoms with Crippen LogP contribution in [0.3, 0.4) is 0 Å². The van der Waals surface area contributed by atoms with E-state index in [1.54, 1.807) is 30.3 Å². The fourth-order valence-corrected chi connectivity index (χ4v) is 5.31. The van der Waals surface area contributed by atoms with Crippen molar-refractivity contribution in [3.05, 3.63) is 54.1 Å². The number of rotatable bonds is 10. The molecular weight excluding hydrogens is 492 g/mol. The Balaban J connectivity index is 2.03. The number of benzene rings is 2. The van der Waals surface area contributed by atoms with Gasteiger partial charge in [0.1, 0.15) is 18.1 Å². The van der Waals surface area contributed by atoms with Gasteiger partial charge >= 0.3 is 11.9 Å². The third-order valence-corrected chi connectivity index (χ3v) is 7.59. The van der Waals surface area contributed by atoms with E-state index in [0.717, 1.165) is 4.31 Å². The molecule has 1 fully saturated rings. The summed E-state index contributed by atoms with van der Waals surface area (Å²) < 4.78 is 31.8. The topological polar surface area (TPSA) is 162 Å². The molecule has 0 saturated carbocycles. The van der Waals surface area contributed by atoms with Crippen molar-refractivity contribution in [2.24, 2.45) is 11.5 Å². The van der Waals surface area contributed by atoms with Gasteiger partial charge in [0.2, 0.25) is 15.9 Å². The van der Waals surface area contributed by atoms with E-state index in [-0.39, 0.29) is 30.0 Å². The molecule has 1 saturated heterocycles. The number of nitrogens with zero attached hydrogens (tertiary/aromatic N) is 1. The second kappa shape index (κ2) is 11.7. The number of thioether (sulfide) groups is 1. The van der Waals surface area contributed by atoms with E-state index in [0.29, 0.717) is 23.3 Å². The maximum absolute atomic E-state index is 12.9. The summed E-state index contributed by atoms with van der Waals surface area (Å²) in [5.41, 5.74) is 12.6. The Morgan fingerprint density at radius 3 is 2.54 bits per heavy atom. The molecule has 2 atom stereocenters. The van der Waals surface area contributed by atoms with Gasteiger partial charge < -0.3 is 21.5 Å². The zero-order chi connectivity index (χ0) is 25.6. The smallest absolute Gasteiger partial charge is 0.346 e. The van der Waals surface area contributed by atoms with Gasteiger partial charge in [0.25, 0.3) is 0 Å². The molecule has 35 heavy (non-hydrogen) atoms. The van der Waals surface area contributed by atoms with E-state index in [9.17, 15) is 22.8 Å².